The van der Waals surface area contributed by atoms with Gasteiger partial charge in [0.15, 0.2) is 0 Å². The molecule has 3 nitrogen and oxygen atoms in total. The van der Waals surface area contributed by atoms with Crippen molar-refractivity contribution < 1.29 is 9.18 Å². The molecule has 0 fully saturated rings. The van der Waals surface area contributed by atoms with E-state index in [0.717, 1.165) is 5.39 Å². The van der Waals surface area contributed by atoms with Gasteiger partial charge in [0, 0.05) is 9.86 Å². The summed E-state index contributed by atoms with van der Waals surface area (Å²) in [5.74, 6) is -0.935. The molecule has 0 saturated heterocycles. The Morgan fingerprint density at radius 3 is 2.76 bits per heavy atom. The zero-order chi connectivity index (χ0) is 15.0. The molecule has 2 aromatic carbocycles. The van der Waals surface area contributed by atoms with E-state index in [0.29, 0.717) is 20.7 Å². The normalized spacial score (nSPS) is 10.8. The van der Waals surface area contributed by atoms with Crippen LogP contribution in [-0.2, 0) is 0 Å². The second-order valence-electron chi connectivity index (χ2n) is 4.47. The number of aromatic nitrogens is 1. The van der Waals surface area contributed by atoms with Crippen molar-refractivity contribution in [3.63, 3.8) is 0 Å². The number of amides is 1. The van der Waals surface area contributed by atoms with Crippen LogP contribution in [0.3, 0.4) is 0 Å². The molecule has 0 radical (unpaired) electrons. The number of rotatable bonds is 2. The molecule has 1 aromatic heterocycles. The van der Waals surface area contributed by atoms with Crippen LogP contribution in [0.4, 0.5) is 10.1 Å². The maximum atomic E-state index is 13.7. The monoisotopic (exact) mass is 366 g/mol. The van der Waals surface area contributed by atoms with Crippen LogP contribution in [0.25, 0.3) is 10.9 Å². The first-order valence-corrected chi connectivity index (χ1v) is 7.25. The van der Waals surface area contributed by atoms with E-state index in [-0.39, 0.29) is 5.69 Å². The Bertz CT molecular complexity index is 847. The number of aromatic amines is 1. The van der Waals surface area contributed by atoms with Gasteiger partial charge in [0.25, 0.3) is 5.91 Å². The molecule has 21 heavy (non-hydrogen) atoms. The van der Waals surface area contributed by atoms with Gasteiger partial charge in [0.05, 0.1) is 16.2 Å². The predicted octanol–water partition coefficient (Wildman–Crippen LogP) is 4.98. The van der Waals surface area contributed by atoms with Crippen molar-refractivity contribution in [3.05, 3.63) is 63.5 Å². The minimum atomic E-state index is -0.508. The second kappa shape index (κ2) is 5.50. The fourth-order valence-corrected chi connectivity index (χ4v) is 2.58. The van der Waals surface area contributed by atoms with Gasteiger partial charge in [-0.25, -0.2) is 4.39 Å². The summed E-state index contributed by atoms with van der Waals surface area (Å²) in [6.45, 7) is 0. The summed E-state index contributed by atoms with van der Waals surface area (Å²) in [5, 5.41) is 3.88. The van der Waals surface area contributed by atoms with E-state index in [4.69, 9.17) is 11.6 Å². The molecule has 1 amide bonds. The van der Waals surface area contributed by atoms with E-state index in [1.165, 1.54) is 12.1 Å². The number of benzene rings is 2. The number of carbonyl (C=O) groups excluding carboxylic acids is 1. The van der Waals surface area contributed by atoms with Crippen molar-refractivity contribution in [2.45, 2.75) is 0 Å². The standard InChI is InChI=1S/C15H9BrClFN2O/c16-9-4-5-12(11(18)7-9)20-15(21)13-6-8-2-1-3-10(17)14(8)19-13/h1-7,19H,(H,20,21). The average molecular weight is 368 g/mol. The Balaban J connectivity index is 1.92. The van der Waals surface area contributed by atoms with E-state index >= 15 is 0 Å². The van der Waals surface area contributed by atoms with Crippen molar-refractivity contribution in [2.75, 3.05) is 5.32 Å². The maximum Gasteiger partial charge on any atom is 0.272 e. The first kappa shape index (κ1) is 14.1. The molecular weight excluding hydrogens is 359 g/mol. The first-order chi connectivity index (χ1) is 10.0. The molecule has 0 aliphatic heterocycles. The summed E-state index contributed by atoms with van der Waals surface area (Å²) >= 11 is 9.21. The number of carbonyl (C=O) groups is 1. The van der Waals surface area contributed by atoms with Crippen LogP contribution in [-0.4, -0.2) is 10.9 Å². The predicted molar refractivity (Wildman–Crippen MR) is 85.4 cm³/mol. The molecule has 0 atom stereocenters. The summed E-state index contributed by atoms with van der Waals surface area (Å²) in [6, 6.07) is 11.5. The molecule has 106 valence electrons. The molecule has 1 heterocycles. The van der Waals surface area contributed by atoms with Crippen LogP contribution in [0.1, 0.15) is 10.5 Å². The molecule has 0 aliphatic rings. The molecule has 6 heteroatoms. The zero-order valence-corrected chi connectivity index (χ0v) is 12.9. The Morgan fingerprint density at radius 2 is 2.05 bits per heavy atom. The summed E-state index contributed by atoms with van der Waals surface area (Å²) in [5.41, 5.74) is 1.12. The van der Waals surface area contributed by atoms with Gasteiger partial charge < -0.3 is 10.3 Å². The number of anilines is 1. The number of halogens is 3. The quantitative estimate of drug-likeness (QED) is 0.659. The van der Waals surface area contributed by atoms with E-state index in [1.54, 1.807) is 24.3 Å². The average Bonchev–Trinajstić information content (AvgIpc) is 2.87. The third-order valence-electron chi connectivity index (χ3n) is 3.03. The topological polar surface area (TPSA) is 44.9 Å². The summed E-state index contributed by atoms with van der Waals surface area (Å²) in [4.78, 5) is 15.1. The highest BCUT2D eigenvalue weighted by molar-refractivity contribution is 9.10. The Labute approximate surface area is 133 Å². The van der Waals surface area contributed by atoms with Gasteiger partial charge in [-0.3, -0.25) is 4.79 Å². The zero-order valence-electron chi connectivity index (χ0n) is 10.6. The minimum Gasteiger partial charge on any atom is -0.349 e. The Kier molecular flexibility index (Phi) is 3.69. The molecular formula is C15H9BrClFN2O. The largest absolute Gasteiger partial charge is 0.349 e. The number of fused-ring (bicyclic) bond motifs is 1. The van der Waals surface area contributed by atoms with Gasteiger partial charge >= 0.3 is 0 Å². The number of nitrogens with one attached hydrogen (secondary N) is 2. The molecule has 2 N–H and O–H groups in total. The smallest absolute Gasteiger partial charge is 0.272 e. The molecule has 0 unspecified atom stereocenters. The van der Waals surface area contributed by atoms with E-state index in [2.05, 4.69) is 26.2 Å². The highest BCUT2D eigenvalue weighted by atomic mass is 79.9. The fourth-order valence-electron chi connectivity index (χ4n) is 2.02. The highest BCUT2D eigenvalue weighted by Gasteiger charge is 2.13. The third-order valence-corrected chi connectivity index (χ3v) is 3.84. The van der Waals surface area contributed by atoms with Gasteiger partial charge in [-0.2, -0.15) is 0 Å². The van der Waals surface area contributed by atoms with Crippen molar-refractivity contribution in [1.82, 2.24) is 4.98 Å². The van der Waals surface area contributed by atoms with Crippen LogP contribution >= 0.6 is 27.5 Å². The molecule has 0 bridgehead atoms. The van der Waals surface area contributed by atoms with Crippen molar-refractivity contribution in [1.29, 1.82) is 0 Å². The summed E-state index contributed by atoms with van der Waals surface area (Å²) < 4.78 is 14.3. The SMILES string of the molecule is O=C(Nc1ccc(Br)cc1F)c1cc2cccc(Cl)c2[nH]1. The number of hydrogen-bond acceptors (Lipinski definition) is 1. The number of para-hydroxylation sites is 1. The van der Waals surface area contributed by atoms with Crippen LogP contribution in [0, 0.1) is 5.82 Å². The van der Waals surface area contributed by atoms with Crippen molar-refractivity contribution in [3.8, 4) is 0 Å². The lowest BCUT2D eigenvalue weighted by molar-refractivity contribution is 0.102. The fraction of sp³-hybridized carbons (Fsp3) is 0. The number of H-pyrrole nitrogens is 1. The third kappa shape index (κ3) is 2.80. The molecule has 3 rings (SSSR count). The van der Waals surface area contributed by atoms with Crippen LogP contribution in [0.2, 0.25) is 5.02 Å². The molecule has 0 spiro atoms. The van der Waals surface area contributed by atoms with E-state index < -0.39 is 11.7 Å². The second-order valence-corrected chi connectivity index (χ2v) is 5.79. The van der Waals surface area contributed by atoms with Gasteiger partial charge in [0.2, 0.25) is 0 Å². The molecule has 0 saturated carbocycles. The van der Waals surface area contributed by atoms with Gasteiger partial charge in [0.1, 0.15) is 11.5 Å². The van der Waals surface area contributed by atoms with Crippen LogP contribution in [0.5, 0.6) is 0 Å². The summed E-state index contributed by atoms with van der Waals surface area (Å²) in [7, 11) is 0. The lowest BCUT2D eigenvalue weighted by Gasteiger charge is -2.05. The van der Waals surface area contributed by atoms with Gasteiger partial charge in [-0.1, -0.05) is 39.7 Å². The maximum absolute atomic E-state index is 13.7. The number of hydrogen-bond donors (Lipinski definition) is 2. The highest BCUT2D eigenvalue weighted by Crippen LogP contribution is 2.24. The van der Waals surface area contributed by atoms with Crippen molar-refractivity contribution >= 4 is 50.0 Å². The van der Waals surface area contributed by atoms with Gasteiger partial charge in [-0.15, -0.1) is 0 Å². The lowest BCUT2D eigenvalue weighted by atomic mass is 10.2. The first-order valence-electron chi connectivity index (χ1n) is 6.08. The Morgan fingerprint density at radius 1 is 1.24 bits per heavy atom. The molecule has 3 aromatic rings. The van der Waals surface area contributed by atoms with Gasteiger partial charge in [-0.05, 0) is 30.3 Å². The van der Waals surface area contributed by atoms with Crippen LogP contribution < -0.4 is 5.32 Å². The van der Waals surface area contributed by atoms with E-state index in [9.17, 15) is 9.18 Å². The lowest BCUT2D eigenvalue weighted by Crippen LogP contribution is -2.13. The Hall–Kier alpha value is -1.85. The molecule has 0 aliphatic carbocycles. The van der Waals surface area contributed by atoms with E-state index in [1.807, 2.05) is 6.07 Å². The minimum absolute atomic E-state index is 0.118. The van der Waals surface area contributed by atoms with Crippen molar-refractivity contribution in [2.24, 2.45) is 0 Å². The van der Waals surface area contributed by atoms with Crippen LogP contribution in [0.15, 0.2) is 46.9 Å². The summed E-state index contributed by atoms with van der Waals surface area (Å²) in [6.07, 6.45) is 0.